The van der Waals surface area contributed by atoms with Crippen molar-refractivity contribution in [2.24, 2.45) is 0 Å². The van der Waals surface area contributed by atoms with Crippen LogP contribution >= 0.6 is 0 Å². The highest BCUT2D eigenvalue weighted by atomic mass is 16.5. The van der Waals surface area contributed by atoms with E-state index in [4.69, 9.17) is 9.47 Å². The number of ether oxygens (including phenoxy) is 2. The third kappa shape index (κ3) is 3.09. The van der Waals surface area contributed by atoms with Crippen LogP contribution in [0.3, 0.4) is 0 Å². The van der Waals surface area contributed by atoms with Crippen LogP contribution < -0.4 is 14.8 Å². The van der Waals surface area contributed by atoms with Gasteiger partial charge in [-0.05, 0) is 30.5 Å². The van der Waals surface area contributed by atoms with E-state index in [0.29, 0.717) is 0 Å². The Morgan fingerprint density at radius 2 is 2.06 bits per heavy atom. The smallest absolute Gasteiger partial charge is 0.160 e. The molecule has 2 rings (SSSR count). The molecule has 0 unspecified atom stereocenters. The lowest BCUT2D eigenvalue weighted by atomic mass is 10.1. The predicted molar refractivity (Wildman–Crippen MR) is 71.7 cm³/mol. The summed E-state index contributed by atoms with van der Waals surface area (Å²) in [6.45, 7) is 1.99. The third-order valence-electron chi connectivity index (χ3n) is 3.06. The van der Waals surface area contributed by atoms with E-state index in [9.17, 15) is 0 Å². The summed E-state index contributed by atoms with van der Waals surface area (Å²) in [5.74, 6) is 1.59. The average molecular weight is 248 g/mol. The summed E-state index contributed by atoms with van der Waals surface area (Å²) in [6.07, 6.45) is 6.25. The summed E-state index contributed by atoms with van der Waals surface area (Å²) in [6, 6.07) is 6.11. The summed E-state index contributed by atoms with van der Waals surface area (Å²) in [4.78, 5) is 2.26. The third-order valence-corrected chi connectivity index (χ3v) is 3.06. The Morgan fingerprint density at radius 3 is 2.72 bits per heavy atom. The molecule has 0 bridgehead atoms. The summed E-state index contributed by atoms with van der Waals surface area (Å²) in [5.41, 5.74) is 1.28. The van der Waals surface area contributed by atoms with Gasteiger partial charge in [-0.15, -0.1) is 0 Å². The topological polar surface area (TPSA) is 33.7 Å². The van der Waals surface area contributed by atoms with Crippen LogP contribution in [0.1, 0.15) is 12.0 Å². The number of hydrogen-bond donors (Lipinski definition) is 1. The first-order valence-electron chi connectivity index (χ1n) is 6.18. The first-order chi connectivity index (χ1) is 8.83. The molecular formula is C14H20N2O2. The lowest BCUT2D eigenvalue weighted by Gasteiger charge is -2.14. The van der Waals surface area contributed by atoms with E-state index in [1.807, 2.05) is 12.3 Å². The van der Waals surface area contributed by atoms with Crippen molar-refractivity contribution in [3.63, 3.8) is 0 Å². The van der Waals surface area contributed by atoms with Crippen LogP contribution in [0.4, 0.5) is 0 Å². The van der Waals surface area contributed by atoms with Gasteiger partial charge in [0.05, 0.1) is 20.9 Å². The minimum Gasteiger partial charge on any atom is -0.493 e. The standard InChI is InChI=1S/C14H20N2O2/c1-17-13-6-5-12(10-14(13)18-2)4-3-8-16-9-7-15-11-16/h5-7,9-10,15H,3-4,8,11H2,1-2H3. The zero-order valence-electron chi connectivity index (χ0n) is 11.0. The highest BCUT2D eigenvalue weighted by Crippen LogP contribution is 2.27. The van der Waals surface area contributed by atoms with Crippen LogP contribution in [0.15, 0.2) is 30.6 Å². The molecule has 1 aliphatic rings. The average Bonchev–Trinajstić information content (AvgIpc) is 2.91. The van der Waals surface area contributed by atoms with E-state index in [2.05, 4.69) is 28.5 Å². The second kappa shape index (κ2) is 6.19. The first-order valence-corrected chi connectivity index (χ1v) is 6.18. The Morgan fingerprint density at radius 1 is 1.22 bits per heavy atom. The molecule has 0 saturated carbocycles. The molecule has 1 aromatic carbocycles. The van der Waals surface area contributed by atoms with Crippen molar-refractivity contribution in [2.75, 3.05) is 27.4 Å². The fourth-order valence-electron chi connectivity index (χ4n) is 2.06. The largest absolute Gasteiger partial charge is 0.493 e. The highest BCUT2D eigenvalue weighted by Gasteiger charge is 2.06. The fraction of sp³-hybridized carbons (Fsp3) is 0.429. The Bertz CT molecular complexity index is 418. The molecule has 0 saturated heterocycles. The molecule has 0 fully saturated rings. The maximum atomic E-state index is 5.30. The van der Waals surface area contributed by atoms with E-state index in [-0.39, 0.29) is 0 Å². The quantitative estimate of drug-likeness (QED) is 0.834. The zero-order chi connectivity index (χ0) is 12.8. The molecule has 0 spiro atoms. The van der Waals surface area contributed by atoms with Gasteiger partial charge in [0.2, 0.25) is 0 Å². The maximum Gasteiger partial charge on any atom is 0.160 e. The summed E-state index contributed by atoms with van der Waals surface area (Å²) in [7, 11) is 3.33. The Kier molecular flexibility index (Phi) is 4.34. The van der Waals surface area contributed by atoms with E-state index < -0.39 is 0 Å². The van der Waals surface area contributed by atoms with Crippen LogP contribution in [0.5, 0.6) is 11.5 Å². The molecule has 0 aromatic heterocycles. The van der Waals surface area contributed by atoms with Gasteiger partial charge >= 0.3 is 0 Å². The minimum atomic E-state index is 0.785. The van der Waals surface area contributed by atoms with Gasteiger partial charge in [0.1, 0.15) is 0 Å². The zero-order valence-corrected chi connectivity index (χ0v) is 11.0. The van der Waals surface area contributed by atoms with Crippen molar-refractivity contribution in [1.29, 1.82) is 0 Å². The fourth-order valence-corrected chi connectivity index (χ4v) is 2.06. The molecule has 4 heteroatoms. The molecule has 1 heterocycles. The molecule has 0 aliphatic carbocycles. The van der Waals surface area contributed by atoms with Gasteiger partial charge in [-0.2, -0.15) is 0 Å². The highest BCUT2D eigenvalue weighted by molar-refractivity contribution is 5.42. The number of nitrogens with zero attached hydrogens (tertiary/aromatic N) is 1. The van der Waals surface area contributed by atoms with Gasteiger partial charge in [-0.25, -0.2) is 0 Å². The van der Waals surface area contributed by atoms with Gasteiger partial charge in [0.25, 0.3) is 0 Å². The Hall–Kier alpha value is -1.84. The molecule has 4 nitrogen and oxygen atoms in total. The van der Waals surface area contributed by atoms with E-state index in [1.165, 1.54) is 5.56 Å². The number of rotatable bonds is 6. The molecule has 0 atom stereocenters. The molecule has 1 aromatic rings. The number of benzene rings is 1. The van der Waals surface area contributed by atoms with Crippen molar-refractivity contribution in [3.05, 3.63) is 36.2 Å². The molecular weight excluding hydrogens is 228 g/mol. The minimum absolute atomic E-state index is 0.785. The second-order valence-electron chi connectivity index (χ2n) is 4.28. The van der Waals surface area contributed by atoms with Gasteiger partial charge in [-0.3, -0.25) is 0 Å². The maximum absolute atomic E-state index is 5.30. The van der Waals surface area contributed by atoms with Crippen molar-refractivity contribution in [1.82, 2.24) is 10.2 Å². The number of hydrogen-bond acceptors (Lipinski definition) is 4. The van der Waals surface area contributed by atoms with E-state index in [0.717, 1.165) is 37.6 Å². The number of aryl methyl sites for hydroxylation is 1. The molecule has 1 aliphatic heterocycles. The molecule has 98 valence electrons. The molecule has 1 N–H and O–H groups in total. The number of nitrogens with one attached hydrogen (secondary N) is 1. The van der Waals surface area contributed by atoms with Gasteiger partial charge in [0, 0.05) is 18.9 Å². The monoisotopic (exact) mass is 248 g/mol. The van der Waals surface area contributed by atoms with Crippen molar-refractivity contribution < 1.29 is 9.47 Å². The summed E-state index contributed by atoms with van der Waals surface area (Å²) in [5, 5.41) is 3.16. The lowest BCUT2D eigenvalue weighted by molar-refractivity contribution is 0.354. The van der Waals surface area contributed by atoms with Crippen LogP contribution in [-0.2, 0) is 6.42 Å². The van der Waals surface area contributed by atoms with Gasteiger partial charge in [-0.1, -0.05) is 6.07 Å². The van der Waals surface area contributed by atoms with Gasteiger partial charge in [0.15, 0.2) is 11.5 Å². The normalized spacial score (nSPS) is 13.6. The number of methoxy groups -OCH3 is 2. The molecule has 18 heavy (non-hydrogen) atoms. The Balaban J connectivity index is 1.86. The SMILES string of the molecule is COc1ccc(CCCN2C=CNC2)cc1OC. The molecule has 0 radical (unpaired) electrons. The van der Waals surface area contributed by atoms with Crippen LogP contribution in [-0.4, -0.2) is 32.3 Å². The van der Waals surface area contributed by atoms with Crippen LogP contribution in [0.25, 0.3) is 0 Å². The molecule has 0 amide bonds. The van der Waals surface area contributed by atoms with E-state index >= 15 is 0 Å². The van der Waals surface area contributed by atoms with Crippen molar-refractivity contribution >= 4 is 0 Å². The van der Waals surface area contributed by atoms with Gasteiger partial charge < -0.3 is 19.7 Å². The van der Waals surface area contributed by atoms with Crippen LogP contribution in [0, 0.1) is 0 Å². The van der Waals surface area contributed by atoms with Crippen molar-refractivity contribution in [2.45, 2.75) is 12.8 Å². The van der Waals surface area contributed by atoms with Crippen molar-refractivity contribution in [3.8, 4) is 11.5 Å². The summed E-state index contributed by atoms with van der Waals surface area (Å²) < 4.78 is 10.5. The first kappa shape index (κ1) is 12.6. The lowest BCUT2D eigenvalue weighted by Crippen LogP contribution is -2.21. The Labute approximate surface area is 108 Å². The van der Waals surface area contributed by atoms with Crippen LogP contribution in [0.2, 0.25) is 0 Å². The summed E-state index contributed by atoms with van der Waals surface area (Å²) >= 11 is 0. The second-order valence-corrected chi connectivity index (χ2v) is 4.28. The predicted octanol–water partition coefficient (Wildman–Crippen LogP) is 1.97. The van der Waals surface area contributed by atoms with E-state index in [1.54, 1.807) is 14.2 Å².